The van der Waals surface area contributed by atoms with Gasteiger partial charge in [0.15, 0.2) is 0 Å². The van der Waals surface area contributed by atoms with Gasteiger partial charge in [0.2, 0.25) is 0 Å². The number of benzene rings is 1. The summed E-state index contributed by atoms with van der Waals surface area (Å²) in [5.41, 5.74) is 11.2. The highest BCUT2D eigenvalue weighted by Crippen LogP contribution is 2.24. The van der Waals surface area contributed by atoms with Crippen molar-refractivity contribution in [3.63, 3.8) is 0 Å². The van der Waals surface area contributed by atoms with Crippen molar-refractivity contribution in [1.82, 2.24) is 0 Å². The molecule has 1 aromatic rings. The molecule has 0 radical (unpaired) electrons. The third kappa shape index (κ3) is 3.40. The number of nitrogens with two attached hydrogens (primary N) is 1. The molecule has 0 unspecified atom stereocenters. The highest BCUT2D eigenvalue weighted by Gasteiger charge is 2.27. The molecule has 19 heavy (non-hydrogen) atoms. The lowest BCUT2D eigenvalue weighted by Gasteiger charge is -2.15. The first-order valence-electron chi connectivity index (χ1n) is 7.58. The lowest BCUT2D eigenvalue weighted by molar-refractivity contribution is 0.587. The van der Waals surface area contributed by atoms with Crippen molar-refractivity contribution in [3.05, 3.63) is 28.8 Å². The molecule has 2 nitrogen and oxygen atoms in total. The van der Waals surface area contributed by atoms with Gasteiger partial charge < -0.3 is 10.8 Å². The van der Waals surface area contributed by atoms with Gasteiger partial charge in [-0.25, -0.2) is 0 Å². The SMILES string of the molecule is CC(C)c1cc(CCC[C@H](C)N)c2c(c1)B(O)CC2. The molecular formula is C16H26BNO. The van der Waals surface area contributed by atoms with Gasteiger partial charge in [0.05, 0.1) is 0 Å². The molecule has 1 aliphatic heterocycles. The van der Waals surface area contributed by atoms with Gasteiger partial charge in [0.1, 0.15) is 0 Å². The predicted molar refractivity (Wildman–Crippen MR) is 83.2 cm³/mol. The third-order valence-electron chi connectivity index (χ3n) is 4.20. The fraction of sp³-hybridized carbons (Fsp3) is 0.625. The van der Waals surface area contributed by atoms with Crippen LogP contribution in [0, 0.1) is 0 Å². The van der Waals surface area contributed by atoms with Gasteiger partial charge in [-0.05, 0) is 67.0 Å². The number of hydrogen-bond acceptors (Lipinski definition) is 2. The van der Waals surface area contributed by atoms with E-state index in [1.54, 1.807) is 0 Å². The molecule has 1 heterocycles. The summed E-state index contributed by atoms with van der Waals surface area (Å²) in [5, 5.41) is 10.1. The summed E-state index contributed by atoms with van der Waals surface area (Å²) in [4.78, 5) is 0. The van der Waals surface area contributed by atoms with Crippen LogP contribution in [0.1, 0.15) is 56.2 Å². The fourth-order valence-electron chi connectivity index (χ4n) is 2.99. The standard InChI is InChI=1S/C16H26BNO/c1-11(2)14-9-13(6-4-5-12(3)18)15-7-8-17(19)16(15)10-14/h9-12,19H,4-8,18H2,1-3H3/t12-/m0/s1. The van der Waals surface area contributed by atoms with Crippen LogP contribution in [0.5, 0.6) is 0 Å². The Balaban J connectivity index is 2.23. The van der Waals surface area contributed by atoms with E-state index >= 15 is 0 Å². The zero-order valence-electron chi connectivity index (χ0n) is 12.4. The van der Waals surface area contributed by atoms with Crippen molar-refractivity contribution in [2.24, 2.45) is 5.73 Å². The minimum Gasteiger partial charge on any atom is -0.446 e. The molecule has 0 saturated carbocycles. The van der Waals surface area contributed by atoms with Crippen LogP contribution in [-0.2, 0) is 12.8 Å². The highest BCUT2D eigenvalue weighted by molar-refractivity contribution is 6.68. The van der Waals surface area contributed by atoms with E-state index in [0.717, 1.165) is 32.0 Å². The van der Waals surface area contributed by atoms with Crippen LogP contribution in [0.2, 0.25) is 6.32 Å². The zero-order valence-corrected chi connectivity index (χ0v) is 12.4. The van der Waals surface area contributed by atoms with E-state index in [-0.39, 0.29) is 13.0 Å². The van der Waals surface area contributed by atoms with Crippen molar-refractivity contribution < 1.29 is 5.02 Å². The average molecular weight is 259 g/mol. The molecule has 1 aromatic carbocycles. The molecule has 0 fully saturated rings. The Morgan fingerprint density at radius 3 is 2.68 bits per heavy atom. The Hall–Kier alpha value is -0.795. The molecule has 3 heteroatoms. The normalized spacial score (nSPS) is 16.0. The molecule has 0 aliphatic carbocycles. The van der Waals surface area contributed by atoms with Crippen molar-refractivity contribution in [2.75, 3.05) is 0 Å². The summed E-state index contributed by atoms with van der Waals surface area (Å²) in [7, 11) is 0. The smallest absolute Gasteiger partial charge is 0.324 e. The molecule has 1 atom stereocenters. The molecule has 104 valence electrons. The van der Waals surface area contributed by atoms with Crippen LogP contribution in [-0.4, -0.2) is 18.0 Å². The van der Waals surface area contributed by atoms with E-state index in [1.807, 2.05) is 0 Å². The van der Waals surface area contributed by atoms with Gasteiger partial charge >= 0.3 is 6.92 Å². The quantitative estimate of drug-likeness (QED) is 0.796. The van der Waals surface area contributed by atoms with Crippen LogP contribution in [0.25, 0.3) is 0 Å². The lowest BCUT2D eigenvalue weighted by Crippen LogP contribution is -2.27. The Morgan fingerprint density at radius 2 is 2.05 bits per heavy atom. The first-order chi connectivity index (χ1) is 8.99. The number of fused-ring (bicyclic) bond motifs is 1. The van der Waals surface area contributed by atoms with Gasteiger partial charge in [-0.3, -0.25) is 0 Å². The molecule has 0 spiro atoms. The second kappa shape index (κ2) is 6.10. The van der Waals surface area contributed by atoms with E-state index in [2.05, 4.69) is 32.9 Å². The summed E-state index contributed by atoms with van der Waals surface area (Å²) in [6, 6.07) is 4.85. The van der Waals surface area contributed by atoms with E-state index in [9.17, 15) is 5.02 Å². The highest BCUT2D eigenvalue weighted by atomic mass is 16.2. The summed E-state index contributed by atoms with van der Waals surface area (Å²) in [6.07, 6.45) is 5.22. The molecule has 2 rings (SSSR count). The van der Waals surface area contributed by atoms with Gasteiger partial charge in [-0.1, -0.05) is 26.0 Å². The predicted octanol–water partition coefficient (Wildman–Crippen LogP) is 2.23. The van der Waals surface area contributed by atoms with Crippen LogP contribution in [0.4, 0.5) is 0 Å². The number of aryl methyl sites for hydroxylation is 1. The second-order valence-electron chi connectivity index (χ2n) is 6.33. The summed E-state index contributed by atoms with van der Waals surface area (Å²) in [6.45, 7) is 6.25. The van der Waals surface area contributed by atoms with Gasteiger partial charge in [0, 0.05) is 6.04 Å². The Morgan fingerprint density at radius 1 is 1.32 bits per heavy atom. The van der Waals surface area contributed by atoms with Crippen LogP contribution >= 0.6 is 0 Å². The minimum absolute atomic E-state index is 0.249. The average Bonchev–Trinajstić information content (AvgIpc) is 2.71. The Kier molecular flexibility index (Phi) is 4.69. The third-order valence-corrected chi connectivity index (χ3v) is 4.20. The molecule has 0 bridgehead atoms. The van der Waals surface area contributed by atoms with Crippen molar-refractivity contribution >= 4 is 12.4 Å². The fourth-order valence-corrected chi connectivity index (χ4v) is 2.99. The first kappa shape index (κ1) is 14.6. The molecule has 3 N–H and O–H groups in total. The molecule has 0 saturated heterocycles. The summed E-state index contributed by atoms with van der Waals surface area (Å²) >= 11 is 0. The molecule has 0 aromatic heterocycles. The van der Waals surface area contributed by atoms with Crippen LogP contribution in [0.15, 0.2) is 12.1 Å². The van der Waals surface area contributed by atoms with E-state index in [0.29, 0.717) is 5.92 Å². The van der Waals surface area contributed by atoms with Crippen molar-refractivity contribution in [3.8, 4) is 0 Å². The Labute approximate surface area is 117 Å². The monoisotopic (exact) mass is 259 g/mol. The van der Waals surface area contributed by atoms with Gasteiger partial charge in [0.25, 0.3) is 0 Å². The molecule has 0 amide bonds. The maximum atomic E-state index is 10.1. The zero-order chi connectivity index (χ0) is 14.0. The Bertz CT molecular complexity index is 443. The van der Waals surface area contributed by atoms with Gasteiger partial charge in [-0.15, -0.1) is 0 Å². The van der Waals surface area contributed by atoms with E-state index in [1.165, 1.54) is 22.2 Å². The first-order valence-corrected chi connectivity index (χ1v) is 7.58. The van der Waals surface area contributed by atoms with Crippen molar-refractivity contribution in [1.29, 1.82) is 0 Å². The summed E-state index contributed by atoms with van der Waals surface area (Å²) in [5.74, 6) is 0.519. The number of hydrogen-bond donors (Lipinski definition) is 2. The molecular weight excluding hydrogens is 233 g/mol. The topological polar surface area (TPSA) is 46.2 Å². The van der Waals surface area contributed by atoms with Gasteiger partial charge in [-0.2, -0.15) is 0 Å². The second-order valence-corrected chi connectivity index (χ2v) is 6.33. The van der Waals surface area contributed by atoms with Crippen LogP contribution in [0.3, 0.4) is 0 Å². The molecule has 1 aliphatic rings. The van der Waals surface area contributed by atoms with E-state index < -0.39 is 0 Å². The maximum Gasteiger partial charge on any atom is 0.324 e. The van der Waals surface area contributed by atoms with Crippen LogP contribution < -0.4 is 11.2 Å². The van der Waals surface area contributed by atoms with Crippen molar-refractivity contribution in [2.45, 2.75) is 64.7 Å². The lowest BCUT2D eigenvalue weighted by atomic mass is 9.62. The maximum absolute atomic E-state index is 10.1. The number of rotatable bonds is 5. The minimum atomic E-state index is -0.249. The largest absolute Gasteiger partial charge is 0.446 e. The van der Waals surface area contributed by atoms with E-state index in [4.69, 9.17) is 5.73 Å². The summed E-state index contributed by atoms with van der Waals surface area (Å²) < 4.78 is 0.